The van der Waals surface area contributed by atoms with Crippen LogP contribution in [0.2, 0.25) is 0 Å². The van der Waals surface area contributed by atoms with E-state index in [1.807, 2.05) is 13.8 Å². The first-order valence-electron chi connectivity index (χ1n) is 7.43. The molecule has 0 spiro atoms. The molecule has 2 fully saturated rings. The fourth-order valence-electron chi connectivity index (χ4n) is 3.10. The van der Waals surface area contributed by atoms with Crippen molar-refractivity contribution in [3.05, 3.63) is 0 Å². The molecule has 0 unspecified atom stereocenters. The Bertz CT molecular complexity index is 345. The van der Waals surface area contributed by atoms with E-state index in [-0.39, 0.29) is 11.7 Å². The molecule has 19 heavy (non-hydrogen) atoms. The Hall–Kier alpha value is -0.900. The van der Waals surface area contributed by atoms with Gasteiger partial charge in [0.25, 0.3) is 0 Å². The molecule has 4 nitrogen and oxygen atoms in total. The molecule has 0 N–H and O–H groups in total. The van der Waals surface area contributed by atoms with Gasteiger partial charge in [0.1, 0.15) is 0 Å². The van der Waals surface area contributed by atoms with E-state index >= 15 is 0 Å². The van der Waals surface area contributed by atoms with Crippen LogP contribution >= 0.6 is 0 Å². The predicted molar refractivity (Wildman–Crippen MR) is 72.8 cm³/mol. The quantitative estimate of drug-likeness (QED) is 0.784. The number of ether oxygens (including phenoxy) is 1. The van der Waals surface area contributed by atoms with Gasteiger partial charge in [0.15, 0.2) is 5.78 Å². The van der Waals surface area contributed by atoms with Crippen LogP contribution in [-0.2, 0) is 14.3 Å². The molecule has 2 heterocycles. The second-order valence-corrected chi connectivity index (χ2v) is 6.23. The molecule has 0 bridgehead atoms. The molecule has 2 aliphatic rings. The minimum atomic E-state index is -0.588. The van der Waals surface area contributed by atoms with E-state index in [4.69, 9.17) is 4.74 Å². The second-order valence-electron chi connectivity index (χ2n) is 6.23. The maximum Gasteiger partial charge on any atom is 0.223 e. The van der Waals surface area contributed by atoms with E-state index in [2.05, 4.69) is 0 Å². The van der Waals surface area contributed by atoms with Gasteiger partial charge in [-0.2, -0.15) is 0 Å². The summed E-state index contributed by atoms with van der Waals surface area (Å²) < 4.78 is 5.33. The Morgan fingerprint density at radius 3 is 2.63 bits per heavy atom. The van der Waals surface area contributed by atoms with Gasteiger partial charge < -0.3 is 9.64 Å². The Morgan fingerprint density at radius 1 is 1.37 bits per heavy atom. The Morgan fingerprint density at radius 2 is 2.05 bits per heavy atom. The topological polar surface area (TPSA) is 46.6 Å². The number of hydrogen-bond donors (Lipinski definition) is 0. The molecule has 2 saturated heterocycles. The molecular formula is C15H25NO3. The van der Waals surface area contributed by atoms with Gasteiger partial charge in [-0.25, -0.2) is 0 Å². The lowest BCUT2D eigenvalue weighted by Gasteiger charge is -2.30. The number of rotatable bonds is 4. The Labute approximate surface area is 115 Å². The van der Waals surface area contributed by atoms with E-state index in [1.165, 1.54) is 0 Å². The normalized spacial score (nSPS) is 23.9. The third-order valence-electron chi connectivity index (χ3n) is 4.56. The van der Waals surface area contributed by atoms with Gasteiger partial charge in [0, 0.05) is 32.6 Å². The van der Waals surface area contributed by atoms with Crippen LogP contribution in [-0.4, -0.2) is 41.9 Å². The van der Waals surface area contributed by atoms with Crippen LogP contribution in [0.3, 0.4) is 0 Å². The standard InChI is InChI=1S/C15H25NO3/c1-15(2)13(17)6-9-16(15)14(18)5-3-4-12-7-10-19-11-8-12/h12H,3-11H2,1-2H3. The van der Waals surface area contributed by atoms with Crippen molar-refractivity contribution in [2.45, 2.75) is 57.9 Å². The van der Waals surface area contributed by atoms with Crippen LogP contribution in [0, 0.1) is 5.92 Å². The number of ketones is 1. The summed E-state index contributed by atoms with van der Waals surface area (Å²) in [7, 11) is 0. The highest BCUT2D eigenvalue weighted by Gasteiger charge is 2.42. The average molecular weight is 267 g/mol. The molecule has 1 amide bonds. The summed E-state index contributed by atoms with van der Waals surface area (Å²) in [6.45, 7) is 6.05. The summed E-state index contributed by atoms with van der Waals surface area (Å²) in [6, 6.07) is 0. The molecule has 0 aromatic heterocycles. The van der Waals surface area contributed by atoms with Crippen LogP contribution in [0.25, 0.3) is 0 Å². The van der Waals surface area contributed by atoms with Gasteiger partial charge in [0.05, 0.1) is 5.54 Å². The molecular weight excluding hydrogens is 242 g/mol. The van der Waals surface area contributed by atoms with E-state index in [1.54, 1.807) is 4.90 Å². The van der Waals surface area contributed by atoms with E-state index in [0.717, 1.165) is 44.8 Å². The molecule has 0 radical (unpaired) electrons. The smallest absolute Gasteiger partial charge is 0.223 e. The van der Waals surface area contributed by atoms with Crippen LogP contribution in [0.1, 0.15) is 52.4 Å². The van der Waals surface area contributed by atoms with E-state index < -0.39 is 5.54 Å². The first-order chi connectivity index (χ1) is 9.01. The Balaban J connectivity index is 1.74. The van der Waals surface area contributed by atoms with Gasteiger partial charge in [-0.1, -0.05) is 0 Å². The predicted octanol–water partition coefficient (Wildman–Crippen LogP) is 2.16. The Kier molecular flexibility index (Phi) is 4.61. The lowest BCUT2D eigenvalue weighted by atomic mass is 9.94. The molecule has 4 heteroatoms. The number of nitrogens with zero attached hydrogens (tertiary/aromatic N) is 1. The first-order valence-corrected chi connectivity index (χ1v) is 7.43. The lowest BCUT2D eigenvalue weighted by molar-refractivity contribution is -0.138. The van der Waals surface area contributed by atoms with Crippen molar-refractivity contribution in [2.24, 2.45) is 5.92 Å². The molecule has 2 aliphatic heterocycles. The summed E-state index contributed by atoms with van der Waals surface area (Å²) in [5, 5.41) is 0. The van der Waals surface area contributed by atoms with Crippen LogP contribution in [0.4, 0.5) is 0 Å². The van der Waals surface area contributed by atoms with Crippen molar-refractivity contribution >= 4 is 11.7 Å². The van der Waals surface area contributed by atoms with Crippen molar-refractivity contribution in [1.82, 2.24) is 4.90 Å². The summed E-state index contributed by atoms with van der Waals surface area (Å²) in [5.41, 5.74) is -0.588. The molecule has 0 aromatic carbocycles. The fourth-order valence-corrected chi connectivity index (χ4v) is 3.10. The summed E-state index contributed by atoms with van der Waals surface area (Å²) in [6.07, 6.45) is 5.39. The summed E-state index contributed by atoms with van der Waals surface area (Å²) in [4.78, 5) is 25.7. The zero-order valence-electron chi connectivity index (χ0n) is 12.1. The monoisotopic (exact) mass is 267 g/mol. The maximum absolute atomic E-state index is 12.2. The van der Waals surface area contributed by atoms with E-state index in [0.29, 0.717) is 19.4 Å². The van der Waals surface area contributed by atoms with Crippen molar-refractivity contribution in [3.63, 3.8) is 0 Å². The molecule has 0 aromatic rings. The summed E-state index contributed by atoms with van der Waals surface area (Å²) in [5.74, 6) is 1.04. The number of hydrogen-bond acceptors (Lipinski definition) is 3. The molecule has 2 rings (SSSR count). The first kappa shape index (κ1) is 14.5. The zero-order valence-corrected chi connectivity index (χ0v) is 12.1. The molecule has 0 saturated carbocycles. The maximum atomic E-state index is 12.2. The number of amides is 1. The highest BCUT2D eigenvalue weighted by atomic mass is 16.5. The van der Waals surface area contributed by atoms with Crippen molar-refractivity contribution in [2.75, 3.05) is 19.8 Å². The van der Waals surface area contributed by atoms with E-state index in [9.17, 15) is 9.59 Å². The third-order valence-corrected chi connectivity index (χ3v) is 4.56. The number of carbonyl (C=O) groups is 2. The van der Waals surface area contributed by atoms with Crippen molar-refractivity contribution in [3.8, 4) is 0 Å². The number of Topliss-reactive ketones (excluding diaryl/α,β-unsaturated/α-hetero) is 1. The third kappa shape index (κ3) is 3.35. The lowest BCUT2D eigenvalue weighted by Crippen LogP contribution is -2.46. The molecule has 0 aliphatic carbocycles. The minimum absolute atomic E-state index is 0.142. The zero-order chi connectivity index (χ0) is 13.9. The molecule has 0 atom stereocenters. The summed E-state index contributed by atoms with van der Waals surface area (Å²) >= 11 is 0. The SMILES string of the molecule is CC1(C)C(=O)CCN1C(=O)CCCC1CCOCC1. The largest absolute Gasteiger partial charge is 0.381 e. The van der Waals surface area contributed by atoms with Gasteiger partial charge in [-0.15, -0.1) is 0 Å². The molecule has 108 valence electrons. The minimum Gasteiger partial charge on any atom is -0.381 e. The highest BCUT2D eigenvalue weighted by molar-refractivity contribution is 5.95. The van der Waals surface area contributed by atoms with Gasteiger partial charge in [-0.05, 0) is 45.4 Å². The second kappa shape index (κ2) is 6.04. The highest BCUT2D eigenvalue weighted by Crippen LogP contribution is 2.27. The average Bonchev–Trinajstić information content (AvgIpc) is 2.65. The van der Waals surface area contributed by atoms with Crippen LogP contribution in [0.5, 0.6) is 0 Å². The fraction of sp³-hybridized carbons (Fsp3) is 0.867. The number of carbonyl (C=O) groups excluding carboxylic acids is 2. The van der Waals surface area contributed by atoms with Gasteiger partial charge in [-0.3, -0.25) is 9.59 Å². The van der Waals surface area contributed by atoms with Gasteiger partial charge in [0.2, 0.25) is 5.91 Å². The van der Waals surface area contributed by atoms with Crippen LogP contribution in [0.15, 0.2) is 0 Å². The number of likely N-dealkylation sites (tertiary alicyclic amines) is 1. The van der Waals surface area contributed by atoms with Crippen molar-refractivity contribution < 1.29 is 14.3 Å². The van der Waals surface area contributed by atoms with Crippen LogP contribution < -0.4 is 0 Å². The van der Waals surface area contributed by atoms with Gasteiger partial charge >= 0.3 is 0 Å². The van der Waals surface area contributed by atoms with Crippen molar-refractivity contribution in [1.29, 1.82) is 0 Å².